The van der Waals surface area contributed by atoms with Gasteiger partial charge in [-0.2, -0.15) is 0 Å². The number of hydrogen-bond acceptors (Lipinski definition) is 5. The number of nitrogens with zero attached hydrogens (tertiary/aromatic N) is 1. The topological polar surface area (TPSA) is 117 Å². The molecule has 0 spiro atoms. The van der Waals surface area contributed by atoms with Crippen LogP contribution in [0.1, 0.15) is 35.2 Å². The van der Waals surface area contributed by atoms with Gasteiger partial charge < -0.3 is 10.6 Å². The number of nitrogens with one attached hydrogen (secondary N) is 3. The van der Waals surface area contributed by atoms with E-state index in [1.54, 1.807) is 18.3 Å². The fourth-order valence-electron chi connectivity index (χ4n) is 3.56. The number of carbonyl (C=O) groups is 2. The van der Waals surface area contributed by atoms with Crippen LogP contribution >= 0.6 is 0 Å². The average Bonchev–Trinajstić information content (AvgIpc) is 2.82. The van der Waals surface area contributed by atoms with Crippen LogP contribution in [0.5, 0.6) is 0 Å². The summed E-state index contributed by atoms with van der Waals surface area (Å²) < 4.78 is 27.7. The van der Waals surface area contributed by atoms with Crippen molar-refractivity contribution in [3.05, 3.63) is 90.3 Å². The van der Waals surface area contributed by atoms with E-state index in [4.69, 9.17) is 0 Å². The smallest absolute Gasteiger partial charge is 0.253 e. The van der Waals surface area contributed by atoms with E-state index in [-0.39, 0.29) is 17.4 Å². The minimum Gasteiger partial charge on any atom is -0.340 e. The molecule has 3 aromatic rings. The highest BCUT2D eigenvalue weighted by atomic mass is 32.2. The van der Waals surface area contributed by atoms with Crippen LogP contribution in [-0.4, -0.2) is 37.3 Å². The van der Waals surface area contributed by atoms with Gasteiger partial charge in [0.05, 0.1) is 10.5 Å². The van der Waals surface area contributed by atoms with Gasteiger partial charge in [-0.1, -0.05) is 36.8 Å². The van der Waals surface area contributed by atoms with E-state index in [1.807, 2.05) is 30.3 Å². The molecule has 1 saturated carbocycles. The van der Waals surface area contributed by atoms with Gasteiger partial charge in [0.15, 0.2) is 0 Å². The summed E-state index contributed by atoms with van der Waals surface area (Å²) in [5.41, 5.74) is 1.67. The number of sulfonamides is 1. The second-order valence-electron chi connectivity index (χ2n) is 8.22. The molecule has 8 nitrogen and oxygen atoms in total. The van der Waals surface area contributed by atoms with Gasteiger partial charge in [-0.3, -0.25) is 14.6 Å². The first-order chi connectivity index (χ1) is 16.4. The van der Waals surface area contributed by atoms with Crippen LogP contribution in [0.15, 0.2) is 84.0 Å². The zero-order valence-corrected chi connectivity index (χ0v) is 19.3. The van der Waals surface area contributed by atoms with E-state index in [0.29, 0.717) is 11.3 Å². The van der Waals surface area contributed by atoms with Gasteiger partial charge in [0.1, 0.15) is 6.04 Å². The molecule has 176 valence electrons. The Kier molecular flexibility index (Phi) is 7.34. The molecule has 3 N–H and O–H groups in total. The number of anilines is 1. The lowest BCUT2D eigenvalue weighted by molar-refractivity contribution is -0.118. The number of hydrogen-bond donors (Lipinski definition) is 3. The summed E-state index contributed by atoms with van der Waals surface area (Å²) in [6, 6.07) is 17.8. The fraction of sp³-hybridized carbons (Fsp3) is 0.240. The second kappa shape index (κ2) is 10.6. The predicted molar refractivity (Wildman–Crippen MR) is 129 cm³/mol. The Balaban J connectivity index is 1.46. The van der Waals surface area contributed by atoms with Gasteiger partial charge in [-0.25, -0.2) is 13.1 Å². The molecule has 1 fully saturated rings. The summed E-state index contributed by atoms with van der Waals surface area (Å²) in [6.45, 7) is 0. The summed E-state index contributed by atoms with van der Waals surface area (Å²) in [4.78, 5) is 29.8. The Hall–Kier alpha value is -3.56. The van der Waals surface area contributed by atoms with Gasteiger partial charge in [-0.05, 0) is 54.8 Å². The summed E-state index contributed by atoms with van der Waals surface area (Å²) in [5.74, 6) is -0.822. The lowest BCUT2D eigenvalue weighted by Crippen LogP contribution is -2.45. The maximum absolute atomic E-state index is 13.1. The zero-order valence-electron chi connectivity index (χ0n) is 18.5. The Bertz CT molecular complexity index is 1230. The number of rotatable bonds is 9. The third kappa shape index (κ3) is 6.06. The minimum absolute atomic E-state index is 0.00782. The van der Waals surface area contributed by atoms with Crippen molar-refractivity contribution in [2.75, 3.05) is 5.32 Å². The molecule has 2 amide bonds. The molecular weight excluding hydrogens is 452 g/mol. The van der Waals surface area contributed by atoms with Gasteiger partial charge in [0, 0.05) is 30.5 Å². The van der Waals surface area contributed by atoms with Crippen molar-refractivity contribution < 1.29 is 18.0 Å². The van der Waals surface area contributed by atoms with E-state index >= 15 is 0 Å². The summed E-state index contributed by atoms with van der Waals surface area (Å²) in [5, 5.41) is 5.55. The SMILES string of the molecule is O=C(N[C@@H](Cc1ccccc1)C(=O)Nc1ccc(S(=O)(=O)NC2CCC2)cc1)c1cccnc1. The molecule has 0 aliphatic heterocycles. The van der Waals surface area contributed by atoms with Crippen molar-refractivity contribution in [3.8, 4) is 0 Å². The van der Waals surface area contributed by atoms with Gasteiger partial charge >= 0.3 is 0 Å². The summed E-state index contributed by atoms with van der Waals surface area (Å²) >= 11 is 0. The third-order valence-electron chi connectivity index (χ3n) is 5.69. The zero-order chi connectivity index (χ0) is 24.0. The van der Waals surface area contributed by atoms with Crippen LogP contribution in [0.25, 0.3) is 0 Å². The molecule has 0 radical (unpaired) electrons. The van der Waals surface area contributed by atoms with Crippen molar-refractivity contribution in [1.29, 1.82) is 0 Å². The first-order valence-corrected chi connectivity index (χ1v) is 12.6. The number of benzene rings is 2. The molecule has 34 heavy (non-hydrogen) atoms. The molecule has 1 heterocycles. The molecule has 0 saturated heterocycles. The molecule has 2 aromatic carbocycles. The van der Waals surface area contributed by atoms with Crippen LogP contribution in [0, 0.1) is 0 Å². The van der Waals surface area contributed by atoms with Crippen molar-refractivity contribution >= 4 is 27.5 Å². The highest BCUT2D eigenvalue weighted by molar-refractivity contribution is 7.89. The Morgan fingerprint density at radius 2 is 1.71 bits per heavy atom. The number of aromatic nitrogens is 1. The Labute approximate surface area is 198 Å². The van der Waals surface area contributed by atoms with E-state index < -0.39 is 27.9 Å². The van der Waals surface area contributed by atoms with Gasteiger partial charge in [-0.15, -0.1) is 0 Å². The van der Waals surface area contributed by atoms with Gasteiger partial charge in [0.2, 0.25) is 15.9 Å². The first kappa shape index (κ1) is 23.6. The molecule has 1 atom stereocenters. The number of amides is 2. The third-order valence-corrected chi connectivity index (χ3v) is 7.22. The van der Waals surface area contributed by atoms with E-state index in [9.17, 15) is 18.0 Å². The fourth-order valence-corrected chi connectivity index (χ4v) is 4.86. The normalized spacial score (nSPS) is 14.6. The molecule has 4 rings (SSSR count). The highest BCUT2D eigenvalue weighted by Gasteiger charge is 2.25. The predicted octanol–water partition coefficient (Wildman–Crippen LogP) is 2.89. The maximum Gasteiger partial charge on any atom is 0.253 e. The highest BCUT2D eigenvalue weighted by Crippen LogP contribution is 2.22. The molecule has 1 aromatic heterocycles. The van der Waals surface area contributed by atoms with E-state index in [1.165, 1.54) is 30.5 Å². The lowest BCUT2D eigenvalue weighted by Gasteiger charge is -2.26. The molecule has 0 unspecified atom stereocenters. The first-order valence-electron chi connectivity index (χ1n) is 11.1. The minimum atomic E-state index is -3.59. The standard InChI is InChI=1S/C25H26N4O4S/c30-24(19-8-5-15-26-17-19)28-23(16-18-6-2-1-3-7-18)25(31)27-20-11-13-22(14-12-20)34(32,33)29-21-9-4-10-21/h1-3,5-8,11-15,17,21,23,29H,4,9-10,16H2,(H,27,31)(H,28,30)/t23-/m0/s1. The largest absolute Gasteiger partial charge is 0.340 e. The quantitative estimate of drug-likeness (QED) is 0.437. The molecule has 0 bridgehead atoms. The van der Waals surface area contributed by atoms with Crippen LogP contribution in [0.2, 0.25) is 0 Å². The van der Waals surface area contributed by atoms with Crippen LogP contribution < -0.4 is 15.4 Å². The summed E-state index contributed by atoms with van der Waals surface area (Å²) in [7, 11) is -3.59. The van der Waals surface area contributed by atoms with E-state index in [2.05, 4.69) is 20.3 Å². The number of carbonyl (C=O) groups excluding carboxylic acids is 2. The Morgan fingerprint density at radius 3 is 2.32 bits per heavy atom. The lowest BCUT2D eigenvalue weighted by atomic mass is 9.94. The molecule has 9 heteroatoms. The van der Waals surface area contributed by atoms with Gasteiger partial charge in [0.25, 0.3) is 5.91 Å². The average molecular weight is 479 g/mol. The van der Waals surface area contributed by atoms with Crippen molar-refractivity contribution in [2.45, 2.75) is 42.7 Å². The van der Waals surface area contributed by atoms with Crippen molar-refractivity contribution in [2.24, 2.45) is 0 Å². The van der Waals surface area contributed by atoms with Crippen LogP contribution in [0.4, 0.5) is 5.69 Å². The molecule has 1 aliphatic rings. The second-order valence-corrected chi connectivity index (χ2v) is 9.93. The van der Waals surface area contributed by atoms with Crippen LogP contribution in [0.3, 0.4) is 0 Å². The van der Waals surface area contributed by atoms with E-state index in [0.717, 1.165) is 24.8 Å². The van der Waals surface area contributed by atoms with Crippen LogP contribution in [-0.2, 0) is 21.2 Å². The monoisotopic (exact) mass is 478 g/mol. The Morgan fingerprint density at radius 1 is 0.971 bits per heavy atom. The summed E-state index contributed by atoms with van der Waals surface area (Å²) in [6.07, 6.45) is 6.01. The number of pyridine rings is 1. The van der Waals surface area contributed by atoms with Crippen molar-refractivity contribution in [3.63, 3.8) is 0 Å². The molecular formula is C25H26N4O4S. The molecule has 1 aliphatic carbocycles. The maximum atomic E-state index is 13.1. The van der Waals surface area contributed by atoms with Crippen molar-refractivity contribution in [1.82, 2.24) is 15.0 Å².